The molecule has 1 saturated carbocycles. The van der Waals surface area contributed by atoms with Crippen LogP contribution >= 0.6 is 15.9 Å². The number of aromatic hydroxyl groups is 1. The van der Waals surface area contributed by atoms with Gasteiger partial charge in [-0.15, -0.1) is 0 Å². The first-order chi connectivity index (χ1) is 10.6. The Labute approximate surface area is 137 Å². The van der Waals surface area contributed by atoms with Crippen molar-refractivity contribution in [1.29, 1.82) is 0 Å². The minimum Gasteiger partial charge on any atom is -0.507 e. The van der Waals surface area contributed by atoms with Crippen LogP contribution in [-0.4, -0.2) is 17.2 Å². The van der Waals surface area contributed by atoms with E-state index in [-0.39, 0.29) is 23.5 Å². The molecule has 0 spiro atoms. The van der Waals surface area contributed by atoms with Gasteiger partial charge in [0.1, 0.15) is 5.75 Å². The second-order valence-electron chi connectivity index (χ2n) is 5.30. The number of hydrogen-bond acceptors (Lipinski definition) is 3. The van der Waals surface area contributed by atoms with Crippen LogP contribution in [0, 0.1) is 5.92 Å². The van der Waals surface area contributed by atoms with Crippen molar-refractivity contribution in [3.8, 4) is 5.75 Å². The largest absolute Gasteiger partial charge is 0.507 e. The van der Waals surface area contributed by atoms with Gasteiger partial charge >= 0.3 is 0 Å². The molecular weight excluding hydrogens is 344 g/mol. The first kappa shape index (κ1) is 14.8. The molecule has 1 aliphatic carbocycles. The van der Waals surface area contributed by atoms with Crippen LogP contribution in [0.15, 0.2) is 58.1 Å². The minimum atomic E-state index is -0.0837. The van der Waals surface area contributed by atoms with Gasteiger partial charge in [0, 0.05) is 16.0 Å². The summed E-state index contributed by atoms with van der Waals surface area (Å²) >= 11 is 3.32. The Balaban J connectivity index is 1.57. The number of benzene rings is 2. The predicted molar refractivity (Wildman–Crippen MR) is 88.8 cm³/mol. The predicted octanol–water partition coefficient (Wildman–Crippen LogP) is 3.41. The summed E-state index contributed by atoms with van der Waals surface area (Å²) in [5.74, 6) is 0.306. The number of hydrazone groups is 1. The summed E-state index contributed by atoms with van der Waals surface area (Å²) < 4.78 is 0.837. The van der Waals surface area contributed by atoms with Crippen LogP contribution in [0.2, 0.25) is 0 Å². The molecule has 22 heavy (non-hydrogen) atoms. The average Bonchev–Trinajstić information content (AvgIpc) is 3.32. The summed E-state index contributed by atoms with van der Waals surface area (Å²) in [6, 6.07) is 15.1. The number of phenolic OH excluding ortho intramolecular Hbond substituents is 1. The van der Waals surface area contributed by atoms with Crippen molar-refractivity contribution in [2.75, 3.05) is 0 Å². The van der Waals surface area contributed by atoms with E-state index < -0.39 is 0 Å². The zero-order valence-corrected chi connectivity index (χ0v) is 13.3. The van der Waals surface area contributed by atoms with Gasteiger partial charge in [0.15, 0.2) is 0 Å². The first-order valence-electron chi connectivity index (χ1n) is 7.01. The zero-order valence-electron chi connectivity index (χ0n) is 11.7. The van der Waals surface area contributed by atoms with Gasteiger partial charge in [-0.05, 0) is 36.1 Å². The van der Waals surface area contributed by atoms with Gasteiger partial charge in [-0.1, -0.05) is 46.3 Å². The quantitative estimate of drug-likeness (QED) is 0.649. The van der Waals surface area contributed by atoms with Crippen molar-refractivity contribution in [2.24, 2.45) is 11.0 Å². The molecule has 4 nitrogen and oxygen atoms in total. The monoisotopic (exact) mass is 358 g/mol. The molecule has 0 heterocycles. The lowest BCUT2D eigenvalue weighted by molar-refractivity contribution is -0.122. The number of carbonyl (C=O) groups excluding carboxylic acids is 1. The van der Waals surface area contributed by atoms with E-state index in [1.807, 2.05) is 30.3 Å². The van der Waals surface area contributed by atoms with Crippen LogP contribution in [0.1, 0.15) is 23.5 Å². The summed E-state index contributed by atoms with van der Waals surface area (Å²) in [5, 5.41) is 13.6. The fourth-order valence-electron chi connectivity index (χ4n) is 2.43. The molecule has 2 atom stereocenters. The maximum absolute atomic E-state index is 12.0. The van der Waals surface area contributed by atoms with Crippen molar-refractivity contribution in [1.82, 2.24) is 5.43 Å². The van der Waals surface area contributed by atoms with E-state index >= 15 is 0 Å². The molecule has 1 aliphatic rings. The molecule has 0 radical (unpaired) electrons. The third-order valence-corrected chi connectivity index (χ3v) is 4.22. The molecule has 2 N–H and O–H groups in total. The number of halogens is 1. The van der Waals surface area contributed by atoms with E-state index in [4.69, 9.17) is 0 Å². The van der Waals surface area contributed by atoms with Crippen molar-refractivity contribution < 1.29 is 9.90 Å². The second-order valence-corrected chi connectivity index (χ2v) is 6.21. The lowest BCUT2D eigenvalue weighted by Crippen LogP contribution is -2.20. The average molecular weight is 359 g/mol. The first-order valence-corrected chi connectivity index (χ1v) is 7.81. The molecule has 1 fully saturated rings. The van der Waals surface area contributed by atoms with Crippen LogP contribution < -0.4 is 5.43 Å². The Bertz CT molecular complexity index is 716. The van der Waals surface area contributed by atoms with Crippen LogP contribution in [0.25, 0.3) is 0 Å². The number of nitrogens with one attached hydrogen (secondary N) is 1. The van der Waals surface area contributed by atoms with Gasteiger partial charge in [-0.2, -0.15) is 5.10 Å². The summed E-state index contributed by atoms with van der Waals surface area (Å²) in [5.41, 5.74) is 4.28. The van der Waals surface area contributed by atoms with E-state index in [9.17, 15) is 9.90 Å². The van der Waals surface area contributed by atoms with Crippen LogP contribution in [-0.2, 0) is 4.79 Å². The summed E-state index contributed by atoms with van der Waals surface area (Å²) in [7, 11) is 0. The number of rotatable bonds is 4. The second kappa shape index (κ2) is 6.32. The summed E-state index contributed by atoms with van der Waals surface area (Å²) in [4.78, 5) is 12.0. The molecule has 1 amide bonds. The maximum Gasteiger partial charge on any atom is 0.243 e. The Morgan fingerprint density at radius 3 is 2.82 bits per heavy atom. The molecule has 112 valence electrons. The molecule has 0 aromatic heterocycles. The fraction of sp³-hybridized carbons (Fsp3) is 0.176. The standard InChI is InChI=1S/C17H15BrN2O2/c18-13-6-7-16(21)12(8-13)10-19-20-17(22)15-9-14(15)11-4-2-1-3-5-11/h1-8,10,14-15,21H,9H2,(H,20,22). The zero-order chi connectivity index (χ0) is 15.5. The van der Waals surface area contributed by atoms with Crippen LogP contribution in [0.4, 0.5) is 0 Å². The molecule has 5 heteroatoms. The smallest absolute Gasteiger partial charge is 0.243 e. The highest BCUT2D eigenvalue weighted by Gasteiger charge is 2.43. The van der Waals surface area contributed by atoms with Gasteiger partial charge < -0.3 is 5.11 Å². The fourth-order valence-corrected chi connectivity index (χ4v) is 2.81. The van der Waals surface area contributed by atoms with E-state index in [1.165, 1.54) is 11.8 Å². The molecule has 2 unspecified atom stereocenters. The molecule has 0 saturated heterocycles. The number of amides is 1. The third kappa shape index (κ3) is 3.36. The SMILES string of the molecule is O=C(NN=Cc1cc(Br)ccc1O)C1CC1c1ccccc1. The Morgan fingerprint density at radius 2 is 2.05 bits per heavy atom. The molecule has 3 rings (SSSR count). The topological polar surface area (TPSA) is 61.7 Å². The highest BCUT2D eigenvalue weighted by atomic mass is 79.9. The van der Waals surface area contributed by atoms with Gasteiger partial charge in [-0.3, -0.25) is 4.79 Å². The normalized spacial score (nSPS) is 20.0. The Morgan fingerprint density at radius 1 is 1.27 bits per heavy atom. The third-order valence-electron chi connectivity index (χ3n) is 3.72. The Kier molecular flexibility index (Phi) is 4.24. The lowest BCUT2D eigenvalue weighted by Gasteiger charge is -2.01. The van der Waals surface area contributed by atoms with Gasteiger partial charge in [-0.25, -0.2) is 5.43 Å². The van der Waals surface area contributed by atoms with Gasteiger partial charge in [0.05, 0.1) is 6.21 Å². The maximum atomic E-state index is 12.0. The molecule has 0 bridgehead atoms. The van der Waals surface area contributed by atoms with E-state index in [1.54, 1.807) is 18.2 Å². The van der Waals surface area contributed by atoms with E-state index in [0.29, 0.717) is 5.56 Å². The molecule has 2 aromatic rings. The highest BCUT2D eigenvalue weighted by molar-refractivity contribution is 9.10. The van der Waals surface area contributed by atoms with E-state index in [0.717, 1.165) is 10.9 Å². The van der Waals surface area contributed by atoms with Crippen LogP contribution in [0.5, 0.6) is 5.75 Å². The molecular formula is C17H15BrN2O2. The van der Waals surface area contributed by atoms with Gasteiger partial charge in [0.25, 0.3) is 0 Å². The minimum absolute atomic E-state index is 0.0179. The summed E-state index contributed by atoms with van der Waals surface area (Å²) in [6.45, 7) is 0. The van der Waals surface area contributed by atoms with Crippen LogP contribution in [0.3, 0.4) is 0 Å². The van der Waals surface area contributed by atoms with Gasteiger partial charge in [0.2, 0.25) is 5.91 Å². The highest BCUT2D eigenvalue weighted by Crippen LogP contribution is 2.47. The lowest BCUT2D eigenvalue weighted by atomic mass is 10.1. The van der Waals surface area contributed by atoms with Crippen molar-refractivity contribution in [3.63, 3.8) is 0 Å². The number of carbonyl (C=O) groups is 1. The summed E-state index contributed by atoms with van der Waals surface area (Å²) in [6.07, 6.45) is 2.30. The Hall–Kier alpha value is -2.14. The van der Waals surface area contributed by atoms with Crippen molar-refractivity contribution in [2.45, 2.75) is 12.3 Å². The number of nitrogens with zero attached hydrogens (tertiary/aromatic N) is 1. The molecule has 0 aliphatic heterocycles. The number of phenols is 1. The van der Waals surface area contributed by atoms with Crippen molar-refractivity contribution in [3.05, 3.63) is 64.1 Å². The van der Waals surface area contributed by atoms with E-state index in [2.05, 4.69) is 26.5 Å². The van der Waals surface area contributed by atoms with Crippen molar-refractivity contribution >= 4 is 28.1 Å². The molecule has 2 aromatic carbocycles. The number of hydrogen-bond donors (Lipinski definition) is 2.